The first-order valence-electron chi connectivity index (χ1n) is 9.22. The van der Waals surface area contributed by atoms with E-state index in [2.05, 4.69) is 5.10 Å². The molecule has 1 aromatic carbocycles. The normalized spacial score (nSPS) is 24.9. The van der Waals surface area contributed by atoms with Crippen molar-refractivity contribution < 1.29 is 27.4 Å². The van der Waals surface area contributed by atoms with Crippen LogP contribution in [-0.4, -0.2) is 42.5 Å². The second-order valence-corrected chi connectivity index (χ2v) is 9.79. The number of fused-ring (bicyclic) bond motifs is 2. The quantitative estimate of drug-likeness (QED) is 0.558. The molecule has 0 radical (unpaired) electrons. The Balaban J connectivity index is 1.60. The van der Waals surface area contributed by atoms with E-state index < -0.39 is 9.84 Å². The number of benzene rings is 1. The lowest BCUT2D eigenvalue weighted by atomic mass is 9.85. The predicted molar refractivity (Wildman–Crippen MR) is 98.7 cm³/mol. The number of ether oxygens (including phenoxy) is 3. The minimum atomic E-state index is -3.02. The van der Waals surface area contributed by atoms with Crippen LogP contribution in [0.5, 0.6) is 17.2 Å². The Morgan fingerprint density at radius 2 is 1.89 bits per heavy atom. The highest BCUT2D eigenvalue weighted by Gasteiger charge is 2.37. The first-order chi connectivity index (χ1) is 13.3. The highest BCUT2D eigenvalue weighted by molar-refractivity contribution is 7.91. The summed E-state index contributed by atoms with van der Waals surface area (Å²) in [6.07, 6.45) is 0.759. The van der Waals surface area contributed by atoms with Crippen molar-refractivity contribution in [2.45, 2.75) is 38.6 Å². The van der Waals surface area contributed by atoms with E-state index in [0.717, 1.165) is 22.5 Å². The maximum Gasteiger partial charge on any atom is 0.312 e. The zero-order chi connectivity index (χ0) is 19.6. The lowest BCUT2D eigenvalue weighted by molar-refractivity contribution is -0.135. The van der Waals surface area contributed by atoms with Gasteiger partial charge in [0.2, 0.25) is 6.79 Å². The molecule has 1 saturated heterocycles. The largest absolute Gasteiger partial charge is 0.454 e. The number of hydrogen-bond donors (Lipinski definition) is 0. The van der Waals surface area contributed by atoms with Crippen molar-refractivity contribution in [3.05, 3.63) is 34.6 Å². The third kappa shape index (κ3) is 2.68. The number of hydrogen-bond acceptors (Lipinski definition) is 7. The van der Waals surface area contributed by atoms with Gasteiger partial charge in [-0.2, -0.15) is 5.10 Å². The molecule has 8 nitrogen and oxygen atoms in total. The van der Waals surface area contributed by atoms with Crippen LogP contribution in [-0.2, 0) is 14.6 Å². The van der Waals surface area contributed by atoms with Gasteiger partial charge < -0.3 is 14.2 Å². The molecule has 0 saturated carbocycles. The van der Waals surface area contributed by atoms with Gasteiger partial charge in [0.25, 0.3) is 0 Å². The molecule has 0 N–H and O–H groups in total. The van der Waals surface area contributed by atoms with Crippen molar-refractivity contribution in [3.63, 3.8) is 0 Å². The second-order valence-electron chi connectivity index (χ2n) is 7.56. The third-order valence-corrected chi connectivity index (χ3v) is 7.51. The van der Waals surface area contributed by atoms with E-state index in [1.807, 2.05) is 24.6 Å². The van der Waals surface area contributed by atoms with Gasteiger partial charge in [0.05, 0.1) is 29.7 Å². The summed E-state index contributed by atoms with van der Waals surface area (Å²) in [7, 11) is -3.02. The van der Waals surface area contributed by atoms with Gasteiger partial charge in [-0.3, -0.25) is 9.48 Å². The van der Waals surface area contributed by atoms with Gasteiger partial charge in [-0.15, -0.1) is 0 Å². The first-order valence-corrected chi connectivity index (χ1v) is 11.0. The van der Waals surface area contributed by atoms with Crippen molar-refractivity contribution in [1.82, 2.24) is 9.78 Å². The Morgan fingerprint density at radius 1 is 1.14 bits per heavy atom. The summed E-state index contributed by atoms with van der Waals surface area (Å²) in [5.41, 5.74) is 3.49. The molecular weight excluding hydrogens is 384 g/mol. The number of nitrogens with zero attached hydrogens (tertiary/aromatic N) is 2. The number of esters is 1. The highest BCUT2D eigenvalue weighted by atomic mass is 32.2. The van der Waals surface area contributed by atoms with Gasteiger partial charge >= 0.3 is 5.97 Å². The maximum absolute atomic E-state index is 12.3. The third-order valence-electron chi connectivity index (χ3n) is 5.76. The van der Waals surface area contributed by atoms with Crippen molar-refractivity contribution in [2.75, 3.05) is 18.3 Å². The van der Waals surface area contributed by atoms with E-state index in [-0.39, 0.29) is 42.6 Å². The van der Waals surface area contributed by atoms with Crippen LogP contribution in [0.3, 0.4) is 0 Å². The zero-order valence-corrected chi connectivity index (χ0v) is 16.4. The lowest BCUT2D eigenvalue weighted by Gasteiger charge is -2.25. The minimum Gasteiger partial charge on any atom is -0.454 e. The molecule has 2 aromatic rings. The van der Waals surface area contributed by atoms with Gasteiger partial charge in [-0.1, -0.05) is 0 Å². The van der Waals surface area contributed by atoms with Crippen molar-refractivity contribution in [3.8, 4) is 17.2 Å². The van der Waals surface area contributed by atoms with Gasteiger partial charge in [0.15, 0.2) is 21.3 Å². The van der Waals surface area contributed by atoms with Gasteiger partial charge in [0.1, 0.15) is 5.75 Å². The average Bonchev–Trinajstić information content (AvgIpc) is 3.30. The fraction of sp³-hybridized carbons (Fsp3) is 0.474. The Morgan fingerprint density at radius 3 is 2.61 bits per heavy atom. The monoisotopic (exact) mass is 404 g/mol. The number of carbonyl (C=O) groups excluding carboxylic acids is 1. The Hall–Kier alpha value is -2.55. The summed E-state index contributed by atoms with van der Waals surface area (Å²) in [6, 6.07) is 3.40. The number of aromatic nitrogens is 2. The number of aryl methyl sites for hydroxylation is 1. The second kappa shape index (κ2) is 5.97. The maximum atomic E-state index is 12.3. The molecule has 0 bridgehead atoms. The summed E-state index contributed by atoms with van der Waals surface area (Å²) in [6.45, 7) is 3.98. The average molecular weight is 404 g/mol. The predicted octanol–water partition coefficient (Wildman–Crippen LogP) is 2.03. The molecule has 2 atom stereocenters. The summed E-state index contributed by atoms with van der Waals surface area (Å²) in [4.78, 5) is 12.3. The molecule has 148 valence electrons. The summed E-state index contributed by atoms with van der Waals surface area (Å²) >= 11 is 0. The molecule has 0 amide bonds. The van der Waals surface area contributed by atoms with Crippen LogP contribution in [0.1, 0.15) is 47.3 Å². The minimum absolute atomic E-state index is 0.108. The first kappa shape index (κ1) is 17.5. The lowest BCUT2D eigenvalue weighted by Crippen LogP contribution is -2.22. The number of rotatable bonds is 2. The highest BCUT2D eigenvalue weighted by Crippen LogP contribution is 2.47. The summed E-state index contributed by atoms with van der Waals surface area (Å²) in [5, 5.41) is 4.65. The van der Waals surface area contributed by atoms with Crippen molar-refractivity contribution in [1.29, 1.82) is 0 Å². The fourth-order valence-electron chi connectivity index (χ4n) is 4.50. The molecule has 0 spiro atoms. The van der Waals surface area contributed by atoms with E-state index in [0.29, 0.717) is 23.7 Å². The van der Waals surface area contributed by atoms with Crippen LogP contribution in [0, 0.1) is 13.8 Å². The molecule has 3 aliphatic rings. The van der Waals surface area contributed by atoms with Crippen LogP contribution >= 0.6 is 0 Å². The van der Waals surface area contributed by atoms with E-state index in [4.69, 9.17) is 14.2 Å². The molecule has 5 rings (SSSR count). The summed E-state index contributed by atoms with van der Waals surface area (Å²) in [5.74, 6) is 1.42. The van der Waals surface area contributed by atoms with Crippen LogP contribution in [0.25, 0.3) is 0 Å². The summed E-state index contributed by atoms with van der Waals surface area (Å²) < 4.78 is 42.0. The van der Waals surface area contributed by atoms with Gasteiger partial charge in [-0.25, -0.2) is 8.42 Å². The standard InChI is InChI=1S/C19H20N2O6S/c1-10-19(11(2)21(20-10)12-3-4-28(23,24)8-12)14-6-18(22)27-15-7-17-16(5-13(14)15)25-9-26-17/h5,7,12,14H,3-4,6,8-9H2,1-2H3/t12-,14-/m1/s1. The Bertz CT molecular complexity index is 1100. The zero-order valence-electron chi connectivity index (χ0n) is 15.6. The molecule has 3 aliphatic heterocycles. The van der Waals surface area contributed by atoms with Crippen LogP contribution < -0.4 is 14.2 Å². The van der Waals surface area contributed by atoms with Crippen molar-refractivity contribution >= 4 is 15.8 Å². The molecule has 1 fully saturated rings. The van der Waals surface area contributed by atoms with Gasteiger partial charge in [0, 0.05) is 28.8 Å². The number of carbonyl (C=O) groups is 1. The van der Waals surface area contributed by atoms with E-state index in [9.17, 15) is 13.2 Å². The fourth-order valence-corrected chi connectivity index (χ4v) is 6.19. The van der Waals surface area contributed by atoms with E-state index in [1.54, 1.807) is 6.07 Å². The smallest absolute Gasteiger partial charge is 0.312 e. The van der Waals surface area contributed by atoms with E-state index in [1.165, 1.54) is 0 Å². The van der Waals surface area contributed by atoms with Crippen molar-refractivity contribution in [2.24, 2.45) is 0 Å². The molecule has 9 heteroatoms. The Kier molecular flexibility index (Phi) is 3.74. The molecular formula is C19H20N2O6S. The molecule has 4 heterocycles. The van der Waals surface area contributed by atoms with Crippen LogP contribution in [0.2, 0.25) is 0 Å². The van der Waals surface area contributed by atoms with Gasteiger partial charge in [-0.05, 0) is 26.3 Å². The SMILES string of the molecule is Cc1nn([C@@H]2CCS(=O)(=O)C2)c(C)c1[C@@H]1CC(=O)Oc2cc3c(cc21)OCO3. The van der Waals surface area contributed by atoms with Crippen LogP contribution in [0.4, 0.5) is 0 Å². The number of sulfone groups is 1. The molecule has 0 unspecified atom stereocenters. The molecule has 28 heavy (non-hydrogen) atoms. The Labute approximate surface area is 162 Å². The molecule has 1 aromatic heterocycles. The topological polar surface area (TPSA) is 96.7 Å². The van der Waals surface area contributed by atoms with Crippen LogP contribution in [0.15, 0.2) is 12.1 Å². The molecule has 0 aliphatic carbocycles. The van der Waals surface area contributed by atoms with E-state index >= 15 is 0 Å².